The van der Waals surface area contributed by atoms with E-state index in [4.69, 9.17) is 14.2 Å². The number of fused-ring (bicyclic) bond motifs is 1. The molecule has 0 saturated heterocycles. The van der Waals surface area contributed by atoms with Gasteiger partial charge < -0.3 is 14.2 Å². The molecule has 8 heteroatoms. The first kappa shape index (κ1) is 20.4. The van der Waals surface area contributed by atoms with Gasteiger partial charge in [0.1, 0.15) is 13.2 Å². The fourth-order valence-electron chi connectivity index (χ4n) is 3.92. The van der Waals surface area contributed by atoms with Crippen LogP contribution in [-0.4, -0.2) is 44.7 Å². The zero-order valence-corrected chi connectivity index (χ0v) is 17.2. The van der Waals surface area contributed by atoms with Crippen LogP contribution in [0.3, 0.4) is 0 Å². The second-order valence-electron chi connectivity index (χ2n) is 7.38. The largest absolute Gasteiger partial charge is 0.486 e. The number of sulfone groups is 1. The fourth-order valence-corrected chi connectivity index (χ4v) is 5.99. The van der Waals surface area contributed by atoms with Crippen LogP contribution in [0.4, 0.5) is 0 Å². The lowest BCUT2D eigenvalue weighted by Crippen LogP contribution is -2.45. The van der Waals surface area contributed by atoms with Crippen LogP contribution in [0.1, 0.15) is 36.0 Å². The van der Waals surface area contributed by atoms with Crippen molar-refractivity contribution in [2.24, 2.45) is 0 Å². The molecular formula is C22H22O7S. The minimum absolute atomic E-state index is 0.0852. The summed E-state index contributed by atoms with van der Waals surface area (Å²) in [5.41, 5.74) is 0.304. The van der Waals surface area contributed by atoms with Crippen molar-refractivity contribution < 1.29 is 32.2 Å². The van der Waals surface area contributed by atoms with Crippen molar-refractivity contribution in [1.29, 1.82) is 0 Å². The van der Waals surface area contributed by atoms with Crippen LogP contribution in [0.2, 0.25) is 0 Å². The Bertz CT molecular complexity index is 1050. The smallest absolute Gasteiger partial charge is 0.328 e. The molecule has 0 unspecified atom stereocenters. The van der Waals surface area contributed by atoms with Crippen molar-refractivity contribution in [3.63, 3.8) is 0 Å². The standard InChI is InChI=1S/C22H22O7S/c23-18(16-8-9-19-20(14-16)28-13-12-27-19)15-29-21(24)22(10-4-5-11-22)30(25,26)17-6-2-1-3-7-17/h1-3,6-9,14H,4-5,10-13,15H2. The number of carbonyl (C=O) groups is 2. The van der Waals surface area contributed by atoms with Crippen molar-refractivity contribution >= 4 is 21.6 Å². The summed E-state index contributed by atoms with van der Waals surface area (Å²) in [6.45, 7) is 0.292. The Morgan fingerprint density at radius 3 is 2.30 bits per heavy atom. The van der Waals surface area contributed by atoms with Crippen LogP contribution in [-0.2, 0) is 19.4 Å². The second-order valence-corrected chi connectivity index (χ2v) is 9.64. The van der Waals surface area contributed by atoms with Crippen molar-refractivity contribution in [2.75, 3.05) is 19.8 Å². The van der Waals surface area contributed by atoms with E-state index in [1.54, 1.807) is 30.3 Å². The molecule has 0 aromatic heterocycles. The zero-order chi connectivity index (χ0) is 21.2. The molecule has 0 radical (unpaired) electrons. The summed E-state index contributed by atoms with van der Waals surface area (Å²) in [6, 6.07) is 12.6. The summed E-state index contributed by atoms with van der Waals surface area (Å²) >= 11 is 0. The number of ketones is 1. The van der Waals surface area contributed by atoms with Gasteiger partial charge in [0.25, 0.3) is 0 Å². The number of hydrogen-bond donors (Lipinski definition) is 0. The summed E-state index contributed by atoms with van der Waals surface area (Å²) in [5, 5.41) is 0. The Hall–Kier alpha value is -2.87. The second kappa shape index (κ2) is 8.10. The lowest BCUT2D eigenvalue weighted by atomic mass is 10.1. The molecule has 2 aromatic carbocycles. The van der Waals surface area contributed by atoms with Crippen LogP contribution in [0, 0.1) is 0 Å². The van der Waals surface area contributed by atoms with Gasteiger partial charge in [0, 0.05) is 5.56 Å². The van der Waals surface area contributed by atoms with Crippen molar-refractivity contribution in [3.8, 4) is 11.5 Å². The Labute approximate surface area is 174 Å². The third kappa shape index (κ3) is 3.56. The average Bonchev–Trinajstić information content (AvgIpc) is 3.29. The third-order valence-electron chi connectivity index (χ3n) is 5.55. The molecule has 1 fully saturated rings. The molecular weight excluding hydrogens is 408 g/mol. The van der Waals surface area contributed by atoms with Crippen molar-refractivity contribution in [2.45, 2.75) is 35.3 Å². The molecule has 4 rings (SSSR count). The molecule has 0 bridgehead atoms. The zero-order valence-electron chi connectivity index (χ0n) is 16.3. The number of hydrogen-bond acceptors (Lipinski definition) is 7. The SMILES string of the molecule is O=C(COC(=O)C1(S(=O)(=O)c2ccccc2)CCCC1)c1ccc2c(c1)OCCO2. The highest BCUT2D eigenvalue weighted by atomic mass is 32.2. The highest BCUT2D eigenvalue weighted by Gasteiger charge is 2.54. The van der Waals surface area contributed by atoms with E-state index in [2.05, 4.69) is 0 Å². The maximum absolute atomic E-state index is 13.3. The van der Waals surface area contributed by atoms with Crippen LogP contribution >= 0.6 is 0 Å². The number of rotatable bonds is 6. The molecule has 2 aliphatic rings. The normalized spacial score (nSPS) is 17.3. The van der Waals surface area contributed by atoms with Crippen molar-refractivity contribution in [1.82, 2.24) is 0 Å². The van der Waals surface area contributed by atoms with Crippen LogP contribution in [0.15, 0.2) is 53.4 Å². The first-order chi connectivity index (χ1) is 14.4. The van der Waals surface area contributed by atoms with E-state index >= 15 is 0 Å². The van der Waals surface area contributed by atoms with Gasteiger partial charge in [0.15, 0.2) is 38.5 Å². The van der Waals surface area contributed by atoms with Crippen LogP contribution < -0.4 is 9.47 Å². The third-order valence-corrected chi connectivity index (χ3v) is 8.05. The molecule has 0 N–H and O–H groups in total. The van der Waals surface area contributed by atoms with Gasteiger partial charge in [-0.05, 0) is 43.2 Å². The van der Waals surface area contributed by atoms with Gasteiger partial charge in [-0.3, -0.25) is 9.59 Å². The summed E-state index contributed by atoms with van der Waals surface area (Å²) < 4.78 is 41.0. The minimum Gasteiger partial charge on any atom is -0.486 e. The maximum atomic E-state index is 13.3. The first-order valence-corrected chi connectivity index (χ1v) is 11.3. The number of ether oxygens (including phenoxy) is 3. The number of Topliss-reactive ketones (excluding diaryl/α,β-unsaturated/α-hetero) is 1. The molecule has 0 atom stereocenters. The van der Waals surface area contributed by atoms with E-state index < -0.39 is 32.9 Å². The highest BCUT2D eigenvalue weighted by molar-refractivity contribution is 7.93. The number of benzene rings is 2. The van der Waals surface area contributed by atoms with Gasteiger partial charge in [-0.2, -0.15) is 0 Å². The van der Waals surface area contributed by atoms with Crippen LogP contribution in [0.25, 0.3) is 0 Å². The van der Waals surface area contributed by atoms with E-state index in [0.29, 0.717) is 43.1 Å². The predicted octanol–water partition coefficient (Wildman–Crippen LogP) is 2.97. The molecule has 1 aliphatic heterocycles. The van der Waals surface area contributed by atoms with E-state index in [9.17, 15) is 18.0 Å². The van der Waals surface area contributed by atoms with Gasteiger partial charge in [-0.15, -0.1) is 0 Å². The maximum Gasteiger partial charge on any atom is 0.328 e. The van der Waals surface area contributed by atoms with E-state index in [1.165, 1.54) is 18.2 Å². The highest BCUT2D eigenvalue weighted by Crippen LogP contribution is 2.41. The molecule has 158 valence electrons. The lowest BCUT2D eigenvalue weighted by molar-refractivity contribution is -0.145. The molecule has 1 saturated carbocycles. The van der Waals surface area contributed by atoms with Crippen molar-refractivity contribution in [3.05, 3.63) is 54.1 Å². The van der Waals surface area contributed by atoms with Gasteiger partial charge in [0.05, 0.1) is 4.90 Å². The van der Waals surface area contributed by atoms with E-state index in [0.717, 1.165) is 0 Å². The van der Waals surface area contributed by atoms with Gasteiger partial charge in [-0.1, -0.05) is 31.0 Å². The molecule has 2 aromatic rings. The number of esters is 1. The minimum atomic E-state index is -3.95. The predicted molar refractivity (Wildman–Crippen MR) is 108 cm³/mol. The average molecular weight is 430 g/mol. The van der Waals surface area contributed by atoms with Crippen LogP contribution in [0.5, 0.6) is 11.5 Å². The quantitative estimate of drug-likeness (QED) is 0.513. The Morgan fingerprint density at radius 2 is 1.60 bits per heavy atom. The van der Waals surface area contributed by atoms with Gasteiger partial charge in [0.2, 0.25) is 0 Å². The molecule has 1 heterocycles. The lowest BCUT2D eigenvalue weighted by Gasteiger charge is -2.26. The van der Waals surface area contributed by atoms with Gasteiger partial charge in [-0.25, -0.2) is 8.42 Å². The van der Waals surface area contributed by atoms with Gasteiger partial charge >= 0.3 is 5.97 Å². The Balaban J connectivity index is 1.51. The summed E-state index contributed by atoms with van der Waals surface area (Å²) in [6.07, 6.45) is 1.58. The topological polar surface area (TPSA) is 96.0 Å². The van der Waals surface area contributed by atoms with E-state index in [1.807, 2.05) is 0 Å². The number of carbonyl (C=O) groups excluding carboxylic acids is 2. The summed E-state index contributed by atoms with van der Waals surface area (Å²) in [5.74, 6) is -0.300. The Morgan fingerprint density at radius 1 is 0.933 bits per heavy atom. The molecule has 30 heavy (non-hydrogen) atoms. The summed E-state index contributed by atoms with van der Waals surface area (Å²) in [7, 11) is -3.95. The fraction of sp³-hybridized carbons (Fsp3) is 0.364. The molecule has 7 nitrogen and oxygen atoms in total. The van der Waals surface area contributed by atoms with E-state index in [-0.39, 0.29) is 17.7 Å². The monoisotopic (exact) mass is 430 g/mol. The molecule has 1 aliphatic carbocycles. The first-order valence-electron chi connectivity index (χ1n) is 9.84. The molecule has 0 amide bonds. The summed E-state index contributed by atoms with van der Waals surface area (Å²) in [4.78, 5) is 25.6. The Kier molecular flexibility index (Phi) is 5.51. The molecule has 0 spiro atoms.